The van der Waals surface area contributed by atoms with E-state index in [2.05, 4.69) is 20.8 Å². The second kappa shape index (κ2) is 3.33. The van der Waals surface area contributed by atoms with E-state index in [0.29, 0.717) is 16.9 Å². The Kier molecular flexibility index (Phi) is 2.02. The van der Waals surface area contributed by atoms with Gasteiger partial charge in [0.15, 0.2) is 5.82 Å². The number of nitrogens with zero attached hydrogens (tertiary/aromatic N) is 2. The molecule has 2 amide bonds. The molecule has 6 nitrogen and oxygen atoms in total. The molecular weight excluding hydrogens is 184 g/mol. The lowest BCUT2D eigenvalue weighted by molar-refractivity contribution is 0.253. The first-order valence-corrected chi connectivity index (χ1v) is 4.00. The molecule has 0 aliphatic carbocycles. The van der Waals surface area contributed by atoms with Crippen LogP contribution in [0.1, 0.15) is 0 Å². The smallest absolute Gasteiger partial charge is 0.320 e. The van der Waals surface area contributed by atoms with Crippen LogP contribution < -0.4 is 10.6 Å². The molecule has 2 rings (SSSR count). The number of urea groups is 1. The molecule has 0 radical (unpaired) electrons. The lowest BCUT2D eigenvalue weighted by Crippen LogP contribution is -2.24. The van der Waals surface area contributed by atoms with Crippen molar-refractivity contribution < 1.29 is 9.32 Å². The van der Waals surface area contributed by atoms with Crippen molar-refractivity contribution in [2.75, 3.05) is 12.4 Å². The zero-order valence-corrected chi connectivity index (χ0v) is 7.44. The molecule has 0 saturated carbocycles. The second-order valence-electron chi connectivity index (χ2n) is 2.59. The summed E-state index contributed by atoms with van der Waals surface area (Å²) in [4.78, 5) is 14.9. The summed E-state index contributed by atoms with van der Waals surface area (Å²) >= 11 is 0. The van der Waals surface area contributed by atoms with Crippen LogP contribution in [0.4, 0.5) is 10.6 Å². The standard InChI is InChI=1S/C8H8N4O2/c1-9-8(13)11-6-5-3-2-4-10-7(5)14-12-6/h2-4H,1H3,(H2,9,11,12,13). The van der Waals surface area contributed by atoms with E-state index < -0.39 is 0 Å². The van der Waals surface area contributed by atoms with Gasteiger partial charge >= 0.3 is 6.03 Å². The molecule has 6 heteroatoms. The number of amides is 2. The summed E-state index contributed by atoms with van der Waals surface area (Å²) in [6.45, 7) is 0. The fourth-order valence-electron chi connectivity index (χ4n) is 1.04. The van der Waals surface area contributed by atoms with E-state index >= 15 is 0 Å². The highest BCUT2D eigenvalue weighted by atomic mass is 16.5. The Hall–Kier alpha value is -2.11. The average molecular weight is 192 g/mol. The summed E-state index contributed by atoms with van der Waals surface area (Å²) < 4.78 is 4.89. The molecule has 2 aromatic rings. The number of aromatic nitrogens is 2. The number of anilines is 1. The SMILES string of the molecule is CNC(=O)Nc1noc2ncccc12. The van der Waals surface area contributed by atoms with E-state index in [1.165, 1.54) is 7.05 Å². The summed E-state index contributed by atoms with van der Waals surface area (Å²) in [5.74, 6) is 0.368. The molecule has 0 bridgehead atoms. The summed E-state index contributed by atoms with van der Waals surface area (Å²) in [6.07, 6.45) is 1.59. The summed E-state index contributed by atoms with van der Waals surface area (Å²) in [5.41, 5.74) is 0.402. The zero-order chi connectivity index (χ0) is 9.97. The fourth-order valence-corrected chi connectivity index (χ4v) is 1.04. The van der Waals surface area contributed by atoms with Gasteiger partial charge in [-0.15, -0.1) is 0 Å². The number of hydrogen-bond donors (Lipinski definition) is 2. The Labute approximate surface area is 79.3 Å². The molecule has 0 atom stereocenters. The first-order chi connectivity index (χ1) is 6.81. The minimum absolute atomic E-state index is 0.343. The van der Waals surface area contributed by atoms with Crippen LogP contribution in [0.5, 0.6) is 0 Å². The monoisotopic (exact) mass is 192 g/mol. The Balaban J connectivity index is 2.38. The number of pyridine rings is 1. The minimum Gasteiger partial charge on any atom is -0.341 e. The van der Waals surface area contributed by atoms with Gasteiger partial charge in [0.05, 0.1) is 5.39 Å². The van der Waals surface area contributed by atoms with Gasteiger partial charge in [0.1, 0.15) is 0 Å². The molecule has 0 aromatic carbocycles. The van der Waals surface area contributed by atoms with Gasteiger partial charge < -0.3 is 9.84 Å². The fraction of sp³-hybridized carbons (Fsp3) is 0.125. The number of hydrogen-bond acceptors (Lipinski definition) is 4. The highest BCUT2D eigenvalue weighted by Crippen LogP contribution is 2.19. The zero-order valence-electron chi connectivity index (χ0n) is 7.44. The van der Waals surface area contributed by atoms with Gasteiger partial charge in [-0.2, -0.15) is 0 Å². The number of fused-ring (bicyclic) bond motifs is 1. The third-order valence-corrected chi connectivity index (χ3v) is 1.71. The minimum atomic E-state index is -0.343. The lowest BCUT2D eigenvalue weighted by Gasteiger charge is -1.98. The van der Waals surface area contributed by atoms with Crippen molar-refractivity contribution in [3.63, 3.8) is 0 Å². The predicted octanol–water partition coefficient (Wildman–Crippen LogP) is 0.974. The van der Waals surface area contributed by atoms with E-state index in [4.69, 9.17) is 4.52 Å². The molecule has 72 valence electrons. The first kappa shape index (κ1) is 8.49. The normalized spacial score (nSPS) is 10.1. The van der Waals surface area contributed by atoms with Crippen LogP contribution in [0.2, 0.25) is 0 Å². The predicted molar refractivity (Wildman–Crippen MR) is 49.9 cm³/mol. The Morgan fingerprint density at radius 3 is 3.21 bits per heavy atom. The molecule has 14 heavy (non-hydrogen) atoms. The van der Waals surface area contributed by atoms with Crippen LogP contribution in [0.25, 0.3) is 11.1 Å². The van der Waals surface area contributed by atoms with Gasteiger partial charge in [-0.25, -0.2) is 9.78 Å². The second-order valence-corrected chi connectivity index (χ2v) is 2.59. The number of rotatable bonds is 1. The summed E-state index contributed by atoms with van der Waals surface area (Å²) in [5, 5.41) is 9.29. The van der Waals surface area contributed by atoms with E-state index in [-0.39, 0.29) is 6.03 Å². The summed E-state index contributed by atoms with van der Waals surface area (Å²) in [6, 6.07) is 3.17. The quantitative estimate of drug-likeness (QED) is 0.705. The number of carbonyl (C=O) groups excluding carboxylic acids is 1. The largest absolute Gasteiger partial charge is 0.341 e. The van der Waals surface area contributed by atoms with E-state index in [0.717, 1.165) is 0 Å². The van der Waals surface area contributed by atoms with E-state index in [1.807, 2.05) is 0 Å². The highest BCUT2D eigenvalue weighted by Gasteiger charge is 2.09. The Bertz CT molecular complexity index is 465. The third kappa shape index (κ3) is 1.37. The Morgan fingerprint density at radius 2 is 2.43 bits per heavy atom. The molecule has 0 aliphatic rings. The van der Waals surface area contributed by atoms with Gasteiger partial charge in [0, 0.05) is 13.2 Å². The topological polar surface area (TPSA) is 80.0 Å². The molecule has 0 spiro atoms. The van der Waals surface area contributed by atoms with Crippen molar-refractivity contribution >= 4 is 22.9 Å². The van der Waals surface area contributed by atoms with Crippen LogP contribution >= 0.6 is 0 Å². The maximum Gasteiger partial charge on any atom is 0.320 e. The van der Waals surface area contributed by atoms with Gasteiger partial charge in [-0.05, 0) is 12.1 Å². The molecule has 0 fully saturated rings. The van der Waals surface area contributed by atoms with Gasteiger partial charge in [0.25, 0.3) is 5.71 Å². The van der Waals surface area contributed by atoms with Gasteiger partial charge in [0.2, 0.25) is 0 Å². The van der Waals surface area contributed by atoms with Crippen molar-refractivity contribution in [3.8, 4) is 0 Å². The number of carbonyl (C=O) groups is 1. The molecule has 0 saturated heterocycles. The van der Waals surface area contributed by atoms with Crippen LogP contribution in [0.3, 0.4) is 0 Å². The maximum absolute atomic E-state index is 11.0. The van der Waals surface area contributed by atoms with Crippen LogP contribution in [-0.4, -0.2) is 23.2 Å². The average Bonchev–Trinajstić information content (AvgIpc) is 2.62. The van der Waals surface area contributed by atoms with Crippen LogP contribution in [0, 0.1) is 0 Å². The first-order valence-electron chi connectivity index (χ1n) is 4.00. The summed E-state index contributed by atoms with van der Waals surface area (Å²) in [7, 11) is 1.52. The van der Waals surface area contributed by atoms with Crippen molar-refractivity contribution in [2.45, 2.75) is 0 Å². The van der Waals surface area contributed by atoms with E-state index in [1.54, 1.807) is 18.3 Å². The van der Waals surface area contributed by atoms with Crippen molar-refractivity contribution in [1.82, 2.24) is 15.5 Å². The highest BCUT2D eigenvalue weighted by molar-refractivity contribution is 5.96. The van der Waals surface area contributed by atoms with Crippen molar-refractivity contribution in [1.29, 1.82) is 0 Å². The molecular formula is C8H8N4O2. The van der Waals surface area contributed by atoms with Gasteiger partial charge in [-0.1, -0.05) is 5.16 Å². The van der Waals surface area contributed by atoms with Crippen LogP contribution in [-0.2, 0) is 0 Å². The third-order valence-electron chi connectivity index (χ3n) is 1.71. The Morgan fingerprint density at radius 1 is 1.57 bits per heavy atom. The van der Waals surface area contributed by atoms with Crippen molar-refractivity contribution in [3.05, 3.63) is 18.3 Å². The molecule has 0 unspecified atom stereocenters. The molecule has 2 N–H and O–H groups in total. The maximum atomic E-state index is 11.0. The van der Waals surface area contributed by atoms with E-state index in [9.17, 15) is 4.79 Å². The number of nitrogens with one attached hydrogen (secondary N) is 2. The van der Waals surface area contributed by atoms with Crippen molar-refractivity contribution in [2.24, 2.45) is 0 Å². The molecule has 0 aliphatic heterocycles. The lowest BCUT2D eigenvalue weighted by atomic mass is 10.3. The molecule has 2 heterocycles. The van der Waals surface area contributed by atoms with Crippen LogP contribution in [0.15, 0.2) is 22.9 Å². The molecule has 2 aromatic heterocycles. The van der Waals surface area contributed by atoms with Gasteiger partial charge in [-0.3, -0.25) is 5.32 Å².